The second-order valence-corrected chi connectivity index (χ2v) is 5.51. The van der Waals surface area contributed by atoms with Crippen LogP contribution in [0.15, 0.2) is 29.3 Å². The molecule has 1 saturated heterocycles. The number of halogens is 1. The molecule has 21 heavy (non-hydrogen) atoms. The largest absolute Gasteiger partial charge is 0.370 e. The van der Waals surface area contributed by atoms with Gasteiger partial charge in [0.25, 0.3) is 0 Å². The number of aliphatic imine (C=N–C) groups is 1. The van der Waals surface area contributed by atoms with Gasteiger partial charge in [-0.05, 0) is 45.0 Å². The van der Waals surface area contributed by atoms with Gasteiger partial charge >= 0.3 is 0 Å². The fraction of sp³-hybridized carbons (Fsp3) is 0.562. The molecule has 1 aromatic rings. The third-order valence-corrected chi connectivity index (χ3v) is 3.72. The Bertz CT molecular complexity index is 422. The van der Waals surface area contributed by atoms with Gasteiger partial charge in [0.15, 0.2) is 5.96 Å². The average molecular weight is 402 g/mol. The number of aryl methyl sites for hydroxylation is 1. The second kappa shape index (κ2) is 10.00. The van der Waals surface area contributed by atoms with Gasteiger partial charge in [0.05, 0.1) is 6.54 Å². The molecule has 0 atom stereocenters. The molecule has 2 rings (SSSR count). The summed E-state index contributed by atoms with van der Waals surface area (Å²) in [4.78, 5) is 6.90. The van der Waals surface area contributed by atoms with Crippen molar-refractivity contribution in [1.82, 2.24) is 4.90 Å². The van der Waals surface area contributed by atoms with Crippen molar-refractivity contribution in [2.24, 2.45) is 10.7 Å². The zero-order chi connectivity index (χ0) is 14.2. The van der Waals surface area contributed by atoms with Crippen LogP contribution in [0.5, 0.6) is 0 Å². The maximum atomic E-state index is 5.91. The molecular weight excluding hydrogens is 375 g/mol. The average Bonchev–Trinajstić information content (AvgIpc) is 2.70. The summed E-state index contributed by atoms with van der Waals surface area (Å²) in [6, 6.07) is 8.17. The third-order valence-electron chi connectivity index (χ3n) is 3.72. The Labute approximate surface area is 145 Å². The lowest BCUT2D eigenvalue weighted by molar-refractivity contribution is 0.293. The van der Waals surface area contributed by atoms with E-state index in [0.29, 0.717) is 5.96 Å². The van der Waals surface area contributed by atoms with Crippen molar-refractivity contribution < 1.29 is 0 Å². The smallest absolute Gasteiger partial charge is 0.193 e. The number of benzene rings is 1. The number of nitrogens with zero attached hydrogens (tertiary/aromatic N) is 2. The van der Waals surface area contributed by atoms with Crippen LogP contribution in [-0.4, -0.2) is 37.0 Å². The van der Waals surface area contributed by atoms with E-state index in [-0.39, 0.29) is 24.0 Å². The lowest BCUT2D eigenvalue weighted by atomic mass is 10.2. The van der Waals surface area contributed by atoms with Crippen LogP contribution in [0.1, 0.15) is 31.2 Å². The van der Waals surface area contributed by atoms with Gasteiger partial charge in [0, 0.05) is 12.2 Å². The van der Waals surface area contributed by atoms with Crippen molar-refractivity contribution in [2.75, 3.05) is 31.5 Å². The van der Waals surface area contributed by atoms with Crippen molar-refractivity contribution in [1.29, 1.82) is 0 Å². The molecule has 3 N–H and O–H groups in total. The number of likely N-dealkylation sites (tertiary alicyclic amines) is 1. The molecular formula is C16H27IN4. The van der Waals surface area contributed by atoms with Crippen LogP contribution in [0.2, 0.25) is 0 Å². The fourth-order valence-electron chi connectivity index (χ4n) is 2.50. The molecule has 0 bridgehead atoms. The van der Waals surface area contributed by atoms with Gasteiger partial charge in [-0.3, -0.25) is 4.99 Å². The minimum Gasteiger partial charge on any atom is -0.370 e. The molecule has 4 nitrogen and oxygen atoms in total. The monoisotopic (exact) mass is 402 g/mol. The maximum Gasteiger partial charge on any atom is 0.193 e. The van der Waals surface area contributed by atoms with E-state index in [1.165, 1.54) is 44.3 Å². The Morgan fingerprint density at radius 1 is 1.14 bits per heavy atom. The van der Waals surface area contributed by atoms with E-state index in [4.69, 9.17) is 5.73 Å². The van der Waals surface area contributed by atoms with Crippen LogP contribution < -0.4 is 11.1 Å². The summed E-state index contributed by atoms with van der Waals surface area (Å²) in [6.07, 6.45) is 5.38. The van der Waals surface area contributed by atoms with Crippen LogP contribution >= 0.6 is 24.0 Å². The first-order valence-electron chi connectivity index (χ1n) is 7.60. The molecule has 0 radical (unpaired) electrons. The molecule has 5 heteroatoms. The van der Waals surface area contributed by atoms with Crippen molar-refractivity contribution in [3.63, 3.8) is 0 Å². The highest BCUT2D eigenvalue weighted by Gasteiger charge is 2.07. The second-order valence-electron chi connectivity index (χ2n) is 5.51. The lowest BCUT2D eigenvalue weighted by Crippen LogP contribution is -2.29. The summed E-state index contributed by atoms with van der Waals surface area (Å²) < 4.78 is 0. The first-order chi connectivity index (χ1) is 9.74. The van der Waals surface area contributed by atoms with Gasteiger partial charge in [0.1, 0.15) is 0 Å². The predicted molar refractivity (Wildman–Crippen MR) is 102 cm³/mol. The van der Waals surface area contributed by atoms with Gasteiger partial charge in [-0.15, -0.1) is 24.0 Å². The highest BCUT2D eigenvalue weighted by atomic mass is 127. The Balaban J connectivity index is 0.00000220. The summed E-state index contributed by atoms with van der Waals surface area (Å²) in [5, 5.41) is 3.13. The molecule has 0 aliphatic carbocycles. The summed E-state index contributed by atoms with van der Waals surface area (Å²) >= 11 is 0. The van der Waals surface area contributed by atoms with Gasteiger partial charge < -0.3 is 16.0 Å². The minimum absolute atomic E-state index is 0. The predicted octanol–water partition coefficient (Wildman–Crippen LogP) is 3.22. The molecule has 118 valence electrons. The quantitative estimate of drug-likeness (QED) is 0.462. The van der Waals surface area contributed by atoms with Gasteiger partial charge in [0.2, 0.25) is 0 Å². The number of hydrogen-bond acceptors (Lipinski definition) is 2. The van der Waals surface area contributed by atoms with Crippen molar-refractivity contribution in [3.05, 3.63) is 29.8 Å². The number of anilines is 1. The van der Waals surface area contributed by atoms with E-state index in [1.807, 2.05) is 12.1 Å². The van der Waals surface area contributed by atoms with Gasteiger partial charge in [-0.1, -0.05) is 30.5 Å². The van der Waals surface area contributed by atoms with Crippen LogP contribution in [0.4, 0.5) is 5.69 Å². The first-order valence-corrected chi connectivity index (χ1v) is 7.60. The number of rotatable bonds is 4. The zero-order valence-electron chi connectivity index (χ0n) is 12.8. The molecule has 1 aliphatic heterocycles. The highest BCUT2D eigenvalue weighted by Crippen LogP contribution is 2.09. The van der Waals surface area contributed by atoms with Crippen LogP contribution in [-0.2, 0) is 0 Å². The summed E-state index contributed by atoms with van der Waals surface area (Å²) in [6.45, 7) is 6.27. The molecule has 0 amide bonds. The Hall–Kier alpha value is -0.820. The Kier molecular flexibility index (Phi) is 8.68. The summed E-state index contributed by atoms with van der Waals surface area (Å²) in [5.41, 5.74) is 8.15. The summed E-state index contributed by atoms with van der Waals surface area (Å²) in [7, 11) is 0. The van der Waals surface area contributed by atoms with Crippen LogP contribution in [0.3, 0.4) is 0 Å². The standard InChI is InChI=1S/C16H26N4.HI/c1-14-6-8-15(9-7-14)19-16(17)18-10-13-20-11-4-2-3-5-12-20;/h6-9H,2-5,10-13H2,1H3,(H3,17,18,19);1H. The van der Waals surface area contributed by atoms with E-state index < -0.39 is 0 Å². The SMILES string of the molecule is Cc1ccc(NC(N)=NCCN2CCCCCC2)cc1.I. The Morgan fingerprint density at radius 2 is 1.76 bits per heavy atom. The van der Waals surface area contributed by atoms with E-state index in [2.05, 4.69) is 34.3 Å². The van der Waals surface area contributed by atoms with E-state index in [1.54, 1.807) is 0 Å². The lowest BCUT2D eigenvalue weighted by Gasteiger charge is -2.18. The highest BCUT2D eigenvalue weighted by molar-refractivity contribution is 14.0. The van der Waals surface area contributed by atoms with Crippen molar-refractivity contribution in [3.8, 4) is 0 Å². The molecule has 0 unspecified atom stereocenters. The molecule has 0 aromatic heterocycles. The molecule has 1 aromatic carbocycles. The third kappa shape index (κ3) is 7.13. The molecule has 0 spiro atoms. The van der Waals surface area contributed by atoms with Crippen LogP contribution in [0, 0.1) is 6.92 Å². The van der Waals surface area contributed by atoms with E-state index in [0.717, 1.165) is 18.8 Å². The van der Waals surface area contributed by atoms with E-state index >= 15 is 0 Å². The summed E-state index contributed by atoms with van der Waals surface area (Å²) in [5.74, 6) is 0.503. The number of hydrogen-bond donors (Lipinski definition) is 2. The fourth-order valence-corrected chi connectivity index (χ4v) is 2.50. The van der Waals surface area contributed by atoms with Crippen LogP contribution in [0.25, 0.3) is 0 Å². The normalized spacial score (nSPS) is 16.9. The molecule has 0 saturated carbocycles. The first kappa shape index (κ1) is 18.2. The maximum absolute atomic E-state index is 5.91. The molecule has 1 heterocycles. The number of guanidine groups is 1. The minimum atomic E-state index is 0. The molecule has 1 fully saturated rings. The van der Waals surface area contributed by atoms with Crippen molar-refractivity contribution in [2.45, 2.75) is 32.6 Å². The number of nitrogens with one attached hydrogen (secondary N) is 1. The topological polar surface area (TPSA) is 53.6 Å². The van der Waals surface area contributed by atoms with Crippen molar-refractivity contribution >= 4 is 35.6 Å². The van der Waals surface area contributed by atoms with Gasteiger partial charge in [-0.2, -0.15) is 0 Å². The van der Waals surface area contributed by atoms with E-state index in [9.17, 15) is 0 Å². The zero-order valence-corrected chi connectivity index (χ0v) is 15.2. The Morgan fingerprint density at radius 3 is 2.38 bits per heavy atom. The van der Waals surface area contributed by atoms with Gasteiger partial charge in [-0.25, -0.2) is 0 Å². The number of nitrogens with two attached hydrogens (primary N) is 1. The molecule has 1 aliphatic rings.